The highest BCUT2D eigenvalue weighted by Gasteiger charge is 1.96. The second-order valence-electron chi connectivity index (χ2n) is 4.35. The minimum atomic E-state index is -0.0284. The SMILES string of the molecule is CC(=O)Nc1ccccc1C.Cc1ccccc1N. The fraction of sp³-hybridized carbons (Fsp3) is 0.188. The first kappa shape index (κ1) is 14.8. The van der Waals surface area contributed by atoms with Crippen LogP contribution in [-0.2, 0) is 4.79 Å². The minimum absolute atomic E-state index is 0.0284. The minimum Gasteiger partial charge on any atom is -0.399 e. The number of carbonyl (C=O) groups is 1. The molecule has 2 rings (SSSR count). The Balaban J connectivity index is 0.000000200. The van der Waals surface area contributed by atoms with E-state index in [0.29, 0.717) is 0 Å². The van der Waals surface area contributed by atoms with Gasteiger partial charge < -0.3 is 11.1 Å². The van der Waals surface area contributed by atoms with Gasteiger partial charge in [0.2, 0.25) is 5.91 Å². The van der Waals surface area contributed by atoms with E-state index in [0.717, 1.165) is 22.5 Å². The van der Waals surface area contributed by atoms with Gasteiger partial charge in [-0.2, -0.15) is 0 Å². The fourth-order valence-electron chi connectivity index (χ4n) is 1.49. The van der Waals surface area contributed by atoms with Crippen LogP contribution in [-0.4, -0.2) is 5.91 Å². The van der Waals surface area contributed by atoms with Crippen LogP contribution in [0.3, 0.4) is 0 Å². The molecule has 1 amide bonds. The third-order valence-electron chi connectivity index (χ3n) is 2.64. The largest absolute Gasteiger partial charge is 0.399 e. The molecule has 0 saturated carbocycles. The van der Waals surface area contributed by atoms with Gasteiger partial charge >= 0.3 is 0 Å². The molecule has 0 heterocycles. The molecule has 0 spiro atoms. The molecule has 3 nitrogen and oxygen atoms in total. The number of benzene rings is 2. The molecule has 2 aromatic carbocycles. The normalized spacial score (nSPS) is 9.21. The molecule has 3 N–H and O–H groups in total. The Bertz CT molecular complexity index is 529. The number of aryl methyl sites for hydroxylation is 2. The summed E-state index contributed by atoms with van der Waals surface area (Å²) in [5.41, 5.74) is 9.51. The lowest BCUT2D eigenvalue weighted by atomic mass is 10.2. The van der Waals surface area contributed by atoms with E-state index < -0.39 is 0 Å². The molecule has 0 bridgehead atoms. The van der Waals surface area contributed by atoms with Gasteiger partial charge in [0.1, 0.15) is 0 Å². The molecule has 100 valence electrons. The third-order valence-corrected chi connectivity index (χ3v) is 2.64. The molecule has 3 heteroatoms. The van der Waals surface area contributed by atoms with Crippen LogP contribution in [0, 0.1) is 13.8 Å². The van der Waals surface area contributed by atoms with Gasteiger partial charge in [0, 0.05) is 18.3 Å². The average molecular weight is 256 g/mol. The van der Waals surface area contributed by atoms with Crippen LogP contribution in [0.15, 0.2) is 48.5 Å². The molecule has 0 atom stereocenters. The van der Waals surface area contributed by atoms with Crippen molar-refractivity contribution in [1.29, 1.82) is 0 Å². The van der Waals surface area contributed by atoms with Crippen LogP contribution in [0.1, 0.15) is 18.1 Å². The zero-order valence-corrected chi connectivity index (χ0v) is 11.6. The second-order valence-corrected chi connectivity index (χ2v) is 4.35. The Morgan fingerprint density at radius 1 is 0.947 bits per heavy atom. The topological polar surface area (TPSA) is 55.1 Å². The maximum absolute atomic E-state index is 10.7. The van der Waals surface area contributed by atoms with E-state index >= 15 is 0 Å². The highest BCUT2D eigenvalue weighted by Crippen LogP contribution is 2.12. The Kier molecular flexibility index (Phi) is 5.61. The average Bonchev–Trinajstić information content (AvgIpc) is 2.36. The molecule has 0 fully saturated rings. The summed E-state index contributed by atoms with van der Waals surface area (Å²) in [6, 6.07) is 15.5. The first-order chi connectivity index (χ1) is 9.00. The molecule has 19 heavy (non-hydrogen) atoms. The number of para-hydroxylation sites is 2. The van der Waals surface area contributed by atoms with E-state index in [9.17, 15) is 4.79 Å². The highest BCUT2D eigenvalue weighted by molar-refractivity contribution is 5.89. The zero-order chi connectivity index (χ0) is 14.3. The molecule has 0 radical (unpaired) electrons. The van der Waals surface area contributed by atoms with E-state index in [-0.39, 0.29) is 5.91 Å². The maximum Gasteiger partial charge on any atom is 0.221 e. The van der Waals surface area contributed by atoms with Crippen LogP contribution >= 0.6 is 0 Å². The number of rotatable bonds is 1. The van der Waals surface area contributed by atoms with Crippen molar-refractivity contribution in [3.05, 3.63) is 59.7 Å². The summed E-state index contributed by atoms with van der Waals surface area (Å²) in [4.78, 5) is 10.7. The molecular formula is C16H20N2O. The smallest absolute Gasteiger partial charge is 0.221 e. The lowest BCUT2D eigenvalue weighted by Gasteiger charge is -2.03. The number of hydrogen-bond donors (Lipinski definition) is 2. The van der Waals surface area contributed by atoms with Gasteiger partial charge in [0.25, 0.3) is 0 Å². The van der Waals surface area contributed by atoms with Crippen molar-refractivity contribution in [2.24, 2.45) is 0 Å². The molecule has 0 aliphatic rings. The van der Waals surface area contributed by atoms with Crippen molar-refractivity contribution >= 4 is 17.3 Å². The standard InChI is InChI=1S/C9H11NO.C7H9N/c1-7-5-3-4-6-9(7)10-8(2)11;1-6-4-2-3-5-7(6)8/h3-6H,1-2H3,(H,10,11);2-5H,8H2,1H3. The van der Waals surface area contributed by atoms with Crippen molar-refractivity contribution < 1.29 is 4.79 Å². The summed E-state index contributed by atoms with van der Waals surface area (Å²) in [6.07, 6.45) is 0. The highest BCUT2D eigenvalue weighted by atomic mass is 16.1. The monoisotopic (exact) mass is 256 g/mol. The van der Waals surface area contributed by atoms with Crippen molar-refractivity contribution in [2.45, 2.75) is 20.8 Å². The summed E-state index contributed by atoms with van der Waals surface area (Å²) < 4.78 is 0. The number of carbonyl (C=O) groups excluding carboxylic acids is 1. The van der Waals surface area contributed by atoms with Crippen LogP contribution in [0.2, 0.25) is 0 Å². The van der Waals surface area contributed by atoms with E-state index in [2.05, 4.69) is 5.32 Å². The van der Waals surface area contributed by atoms with Crippen LogP contribution in [0.4, 0.5) is 11.4 Å². The first-order valence-electron chi connectivity index (χ1n) is 6.15. The predicted molar refractivity (Wildman–Crippen MR) is 81.1 cm³/mol. The van der Waals surface area contributed by atoms with Gasteiger partial charge in [-0.1, -0.05) is 36.4 Å². The van der Waals surface area contributed by atoms with E-state index in [1.807, 2.05) is 62.4 Å². The van der Waals surface area contributed by atoms with Crippen LogP contribution < -0.4 is 11.1 Å². The fourth-order valence-corrected chi connectivity index (χ4v) is 1.49. The second kappa shape index (κ2) is 7.21. The van der Waals surface area contributed by atoms with Crippen molar-refractivity contribution in [1.82, 2.24) is 0 Å². The van der Waals surface area contributed by atoms with E-state index in [1.54, 1.807) is 0 Å². The lowest BCUT2D eigenvalue weighted by molar-refractivity contribution is -0.114. The summed E-state index contributed by atoms with van der Waals surface area (Å²) in [7, 11) is 0. The molecular weight excluding hydrogens is 236 g/mol. The summed E-state index contributed by atoms with van der Waals surface area (Å²) in [5.74, 6) is -0.0284. The van der Waals surface area contributed by atoms with Crippen molar-refractivity contribution in [3.8, 4) is 0 Å². The number of amides is 1. The first-order valence-corrected chi connectivity index (χ1v) is 6.15. The molecule has 2 aromatic rings. The summed E-state index contributed by atoms with van der Waals surface area (Å²) in [6.45, 7) is 5.47. The number of nitrogens with one attached hydrogen (secondary N) is 1. The number of nitrogens with two attached hydrogens (primary N) is 1. The number of nitrogen functional groups attached to an aromatic ring is 1. The van der Waals surface area contributed by atoms with Gasteiger partial charge in [-0.25, -0.2) is 0 Å². The Hall–Kier alpha value is -2.29. The Labute approximate surface area is 114 Å². The molecule has 0 aromatic heterocycles. The Morgan fingerprint density at radius 2 is 1.47 bits per heavy atom. The van der Waals surface area contributed by atoms with Gasteiger partial charge in [-0.05, 0) is 37.1 Å². The molecule has 0 saturated heterocycles. The van der Waals surface area contributed by atoms with Crippen LogP contribution in [0.25, 0.3) is 0 Å². The molecule has 0 aliphatic heterocycles. The third kappa shape index (κ3) is 5.25. The van der Waals surface area contributed by atoms with E-state index in [4.69, 9.17) is 5.73 Å². The zero-order valence-electron chi connectivity index (χ0n) is 11.6. The summed E-state index contributed by atoms with van der Waals surface area (Å²) >= 11 is 0. The van der Waals surface area contributed by atoms with Crippen LogP contribution in [0.5, 0.6) is 0 Å². The lowest BCUT2D eigenvalue weighted by Crippen LogP contribution is -2.06. The quantitative estimate of drug-likeness (QED) is 0.767. The van der Waals surface area contributed by atoms with Crippen molar-refractivity contribution in [3.63, 3.8) is 0 Å². The number of anilines is 2. The van der Waals surface area contributed by atoms with Gasteiger partial charge in [0.05, 0.1) is 0 Å². The Morgan fingerprint density at radius 3 is 1.89 bits per heavy atom. The van der Waals surface area contributed by atoms with E-state index in [1.165, 1.54) is 6.92 Å². The number of hydrogen-bond acceptors (Lipinski definition) is 2. The van der Waals surface area contributed by atoms with Gasteiger partial charge in [-0.3, -0.25) is 4.79 Å². The molecule has 0 aliphatic carbocycles. The van der Waals surface area contributed by atoms with Crippen molar-refractivity contribution in [2.75, 3.05) is 11.1 Å². The molecule has 0 unspecified atom stereocenters. The summed E-state index contributed by atoms with van der Waals surface area (Å²) in [5, 5.41) is 2.73. The van der Waals surface area contributed by atoms with Gasteiger partial charge in [0.15, 0.2) is 0 Å². The predicted octanol–water partition coefficient (Wildman–Crippen LogP) is 3.53. The van der Waals surface area contributed by atoms with Gasteiger partial charge in [-0.15, -0.1) is 0 Å². The maximum atomic E-state index is 10.7.